The van der Waals surface area contributed by atoms with Crippen LogP contribution in [0.2, 0.25) is 0 Å². The van der Waals surface area contributed by atoms with Gasteiger partial charge in [0.2, 0.25) is 0 Å². The minimum Gasteiger partial charge on any atom is -0.370 e. The van der Waals surface area contributed by atoms with Gasteiger partial charge in [0, 0.05) is 27.3 Å². The Labute approximate surface area is 117 Å². The fourth-order valence-electron chi connectivity index (χ4n) is 1.38. The molecule has 0 atom stereocenters. The van der Waals surface area contributed by atoms with E-state index in [0.717, 1.165) is 17.4 Å². The molecule has 18 heavy (non-hydrogen) atoms. The number of anilines is 2. The fourth-order valence-corrected chi connectivity index (χ4v) is 2.83. The molecule has 0 aliphatic carbocycles. The lowest BCUT2D eigenvalue weighted by atomic mass is 10.3. The molecule has 2 aromatic rings. The van der Waals surface area contributed by atoms with E-state index in [0.29, 0.717) is 11.6 Å². The summed E-state index contributed by atoms with van der Waals surface area (Å²) in [6.45, 7) is 0.788. The number of thiophene rings is 1. The summed E-state index contributed by atoms with van der Waals surface area (Å²) in [5, 5.41) is 16.2. The van der Waals surface area contributed by atoms with Crippen molar-refractivity contribution in [2.24, 2.45) is 0 Å². The molecule has 2 N–H and O–H groups in total. The average Bonchev–Trinajstić information content (AvgIpc) is 2.76. The van der Waals surface area contributed by atoms with Crippen LogP contribution in [0.15, 0.2) is 28.3 Å². The first-order valence-corrected chi connectivity index (χ1v) is 6.89. The maximum atomic E-state index is 8.49. The van der Waals surface area contributed by atoms with Gasteiger partial charge in [-0.15, -0.1) is 11.3 Å². The Morgan fingerprint density at radius 3 is 2.89 bits per heavy atom. The van der Waals surface area contributed by atoms with E-state index in [9.17, 15) is 0 Å². The molecular weight excluding hydrogens is 314 g/mol. The van der Waals surface area contributed by atoms with E-state index in [1.807, 2.05) is 6.19 Å². The van der Waals surface area contributed by atoms with Gasteiger partial charge in [-0.25, -0.2) is 9.97 Å². The quantitative estimate of drug-likeness (QED) is 0.653. The van der Waals surface area contributed by atoms with E-state index in [1.54, 1.807) is 17.4 Å². The first-order chi connectivity index (χ1) is 8.78. The second kappa shape index (κ2) is 6.33. The molecule has 0 unspecified atom stereocenters. The van der Waals surface area contributed by atoms with Crippen LogP contribution >= 0.6 is 27.3 Å². The molecule has 0 fully saturated rings. The maximum Gasteiger partial charge on any atom is 0.182 e. The summed E-state index contributed by atoms with van der Waals surface area (Å²) < 4.78 is 1.12. The molecule has 0 aromatic carbocycles. The first kappa shape index (κ1) is 12.8. The summed E-state index contributed by atoms with van der Waals surface area (Å²) in [4.78, 5) is 9.29. The smallest absolute Gasteiger partial charge is 0.182 e. The third kappa shape index (κ3) is 3.68. The number of nitriles is 1. The van der Waals surface area contributed by atoms with Gasteiger partial charge >= 0.3 is 0 Å². The fraction of sp³-hybridized carbons (Fsp3) is 0.182. The lowest BCUT2D eigenvalue weighted by Crippen LogP contribution is -2.06. The van der Waals surface area contributed by atoms with Crippen LogP contribution in [0.5, 0.6) is 0 Å². The van der Waals surface area contributed by atoms with Crippen LogP contribution in [0, 0.1) is 11.5 Å². The average molecular weight is 324 g/mol. The zero-order valence-corrected chi connectivity index (χ0v) is 11.8. The van der Waals surface area contributed by atoms with E-state index in [-0.39, 0.29) is 0 Å². The van der Waals surface area contributed by atoms with E-state index in [2.05, 4.69) is 48.0 Å². The van der Waals surface area contributed by atoms with Gasteiger partial charge in [-0.2, -0.15) is 5.26 Å². The van der Waals surface area contributed by atoms with Crippen molar-refractivity contribution in [2.45, 2.75) is 6.42 Å². The van der Waals surface area contributed by atoms with Crippen molar-refractivity contribution in [3.05, 3.63) is 33.2 Å². The summed E-state index contributed by atoms with van der Waals surface area (Å²) in [6.07, 6.45) is 4.18. The second-order valence-corrected chi connectivity index (χ2v) is 5.34. The monoisotopic (exact) mass is 323 g/mol. The number of aromatic nitrogens is 2. The maximum absolute atomic E-state index is 8.49. The third-order valence-electron chi connectivity index (χ3n) is 2.15. The molecule has 0 spiro atoms. The Hall–Kier alpha value is -1.65. The molecule has 0 radical (unpaired) electrons. The topological polar surface area (TPSA) is 73.6 Å². The molecular formula is C11H10BrN5S. The number of nitrogens with zero attached hydrogens (tertiary/aromatic N) is 3. The number of hydrogen-bond donors (Lipinski definition) is 2. The molecule has 0 bridgehead atoms. The van der Waals surface area contributed by atoms with E-state index in [4.69, 9.17) is 5.26 Å². The van der Waals surface area contributed by atoms with E-state index in [1.165, 1.54) is 11.2 Å². The zero-order valence-electron chi connectivity index (χ0n) is 9.35. The highest BCUT2D eigenvalue weighted by molar-refractivity contribution is 9.10. The third-order valence-corrected chi connectivity index (χ3v) is 3.91. The van der Waals surface area contributed by atoms with Crippen molar-refractivity contribution in [2.75, 3.05) is 17.2 Å². The van der Waals surface area contributed by atoms with Crippen molar-refractivity contribution in [3.8, 4) is 6.19 Å². The SMILES string of the molecule is N#CNc1cc(NCCc2cc(Br)cs2)ncn1. The molecule has 0 aliphatic heterocycles. The molecule has 2 aromatic heterocycles. The minimum atomic E-state index is 0.494. The normalized spacial score (nSPS) is 9.78. The van der Waals surface area contributed by atoms with Crippen LogP contribution in [0.4, 0.5) is 11.6 Å². The Bertz CT molecular complexity index is 563. The second-order valence-electron chi connectivity index (χ2n) is 3.43. The molecule has 2 rings (SSSR count). The molecule has 5 nitrogen and oxygen atoms in total. The van der Waals surface area contributed by atoms with Crippen LogP contribution in [-0.4, -0.2) is 16.5 Å². The van der Waals surface area contributed by atoms with Gasteiger partial charge in [0.05, 0.1) is 0 Å². The Morgan fingerprint density at radius 2 is 2.17 bits per heavy atom. The molecule has 2 heterocycles. The summed E-state index contributed by atoms with van der Waals surface area (Å²) in [5.41, 5.74) is 0. The van der Waals surface area contributed by atoms with Crippen molar-refractivity contribution >= 4 is 38.9 Å². The number of halogens is 1. The first-order valence-electron chi connectivity index (χ1n) is 5.22. The van der Waals surface area contributed by atoms with E-state index < -0.39 is 0 Å². The van der Waals surface area contributed by atoms with Crippen LogP contribution in [0.1, 0.15) is 4.88 Å². The van der Waals surface area contributed by atoms with Crippen LogP contribution in [0.3, 0.4) is 0 Å². The lowest BCUT2D eigenvalue weighted by Gasteiger charge is -2.04. The molecule has 0 amide bonds. The summed E-state index contributed by atoms with van der Waals surface area (Å²) in [7, 11) is 0. The number of hydrogen-bond acceptors (Lipinski definition) is 6. The Balaban J connectivity index is 1.86. The van der Waals surface area contributed by atoms with Crippen molar-refractivity contribution in [1.82, 2.24) is 9.97 Å². The molecule has 0 aliphatic rings. The van der Waals surface area contributed by atoms with Gasteiger partial charge in [0.15, 0.2) is 6.19 Å². The minimum absolute atomic E-state index is 0.494. The van der Waals surface area contributed by atoms with Crippen molar-refractivity contribution in [3.63, 3.8) is 0 Å². The molecule has 92 valence electrons. The van der Waals surface area contributed by atoms with Crippen LogP contribution < -0.4 is 10.6 Å². The standard InChI is InChI=1S/C11H10BrN5S/c12-8-3-9(18-5-8)1-2-14-10-4-11(15-6-13)17-7-16-10/h3-5,7H,1-2H2,(H2,14,15,16,17). The Morgan fingerprint density at radius 1 is 1.33 bits per heavy atom. The highest BCUT2D eigenvalue weighted by Gasteiger charge is 2.00. The molecule has 0 saturated carbocycles. The van der Waals surface area contributed by atoms with Crippen LogP contribution in [-0.2, 0) is 6.42 Å². The summed E-state index contributed by atoms with van der Waals surface area (Å²) in [6, 6.07) is 3.81. The summed E-state index contributed by atoms with van der Waals surface area (Å²) in [5.74, 6) is 1.20. The van der Waals surface area contributed by atoms with Gasteiger partial charge < -0.3 is 5.32 Å². The van der Waals surface area contributed by atoms with Gasteiger partial charge in [0.25, 0.3) is 0 Å². The van der Waals surface area contributed by atoms with Gasteiger partial charge in [-0.05, 0) is 28.4 Å². The molecule has 7 heteroatoms. The van der Waals surface area contributed by atoms with Gasteiger partial charge in [-0.1, -0.05) is 0 Å². The largest absolute Gasteiger partial charge is 0.370 e. The lowest BCUT2D eigenvalue weighted by molar-refractivity contribution is 1.02. The Kier molecular flexibility index (Phi) is 4.50. The predicted molar refractivity (Wildman–Crippen MR) is 75.5 cm³/mol. The number of rotatable bonds is 5. The van der Waals surface area contributed by atoms with Crippen LogP contribution in [0.25, 0.3) is 0 Å². The predicted octanol–water partition coefficient (Wildman–Crippen LogP) is 2.85. The van der Waals surface area contributed by atoms with Crippen molar-refractivity contribution < 1.29 is 0 Å². The zero-order chi connectivity index (χ0) is 12.8. The highest BCUT2D eigenvalue weighted by atomic mass is 79.9. The van der Waals surface area contributed by atoms with Gasteiger partial charge in [-0.3, -0.25) is 5.32 Å². The number of nitrogens with one attached hydrogen (secondary N) is 2. The van der Waals surface area contributed by atoms with Crippen molar-refractivity contribution in [1.29, 1.82) is 5.26 Å². The van der Waals surface area contributed by atoms with Gasteiger partial charge in [0.1, 0.15) is 18.0 Å². The van der Waals surface area contributed by atoms with E-state index >= 15 is 0 Å². The highest BCUT2D eigenvalue weighted by Crippen LogP contribution is 2.20. The molecule has 0 saturated heterocycles. The summed E-state index contributed by atoms with van der Waals surface area (Å²) >= 11 is 5.15.